The lowest BCUT2D eigenvalue weighted by atomic mass is 10.1. The molecule has 0 fully saturated rings. The van der Waals surface area contributed by atoms with E-state index in [1.54, 1.807) is 0 Å². The molecule has 1 rings (SSSR count). The average Bonchev–Trinajstić information content (AvgIpc) is 2.35. The minimum Gasteiger partial charge on any atom is -0.340 e. The molecule has 0 saturated heterocycles. The fraction of sp³-hybridized carbons (Fsp3) is 0.333. The summed E-state index contributed by atoms with van der Waals surface area (Å²) in [6.45, 7) is 2.02. The van der Waals surface area contributed by atoms with E-state index in [0.717, 1.165) is 5.56 Å². The van der Waals surface area contributed by atoms with Gasteiger partial charge in [0, 0.05) is 13.5 Å². The lowest BCUT2D eigenvalue weighted by Gasteiger charge is -2.06. The molecule has 1 aromatic rings. The van der Waals surface area contributed by atoms with Gasteiger partial charge in [0.1, 0.15) is 0 Å². The standard InChI is InChI=1S/C12H17N3O2/c1-9-3-5-10(6-4-9)7-8-11(16)14-15-12(17)13-2/h3-6H,7-8H2,1-2H3,(H,14,16)(H2,13,15,17). The number of urea groups is 1. The van der Waals surface area contributed by atoms with Crippen LogP contribution in [-0.2, 0) is 11.2 Å². The van der Waals surface area contributed by atoms with Crippen LogP contribution in [0.5, 0.6) is 0 Å². The Morgan fingerprint density at radius 2 is 1.76 bits per heavy atom. The van der Waals surface area contributed by atoms with Crippen LogP contribution in [0.1, 0.15) is 17.5 Å². The molecule has 0 heterocycles. The average molecular weight is 235 g/mol. The first-order valence-corrected chi connectivity index (χ1v) is 5.44. The smallest absolute Gasteiger partial charge is 0.333 e. The van der Waals surface area contributed by atoms with E-state index in [1.165, 1.54) is 12.6 Å². The summed E-state index contributed by atoms with van der Waals surface area (Å²) >= 11 is 0. The molecule has 5 nitrogen and oxygen atoms in total. The number of aryl methyl sites for hydroxylation is 2. The molecule has 0 aliphatic heterocycles. The largest absolute Gasteiger partial charge is 0.340 e. The van der Waals surface area contributed by atoms with Crippen molar-refractivity contribution in [3.63, 3.8) is 0 Å². The zero-order valence-electron chi connectivity index (χ0n) is 10.0. The van der Waals surface area contributed by atoms with Crippen LogP contribution in [0.4, 0.5) is 4.79 Å². The van der Waals surface area contributed by atoms with E-state index in [4.69, 9.17) is 0 Å². The molecular weight excluding hydrogens is 218 g/mol. The van der Waals surface area contributed by atoms with Crippen LogP contribution in [0.3, 0.4) is 0 Å². The van der Waals surface area contributed by atoms with E-state index < -0.39 is 6.03 Å². The van der Waals surface area contributed by atoms with Crippen LogP contribution in [0.25, 0.3) is 0 Å². The molecule has 3 amide bonds. The van der Waals surface area contributed by atoms with E-state index in [-0.39, 0.29) is 5.91 Å². The van der Waals surface area contributed by atoms with E-state index in [2.05, 4.69) is 16.2 Å². The molecule has 0 saturated carbocycles. The summed E-state index contributed by atoms with van der Waals surface area (Å²) in [4.78, 5) is 22.1. The molecule has 0 radical (unpaired) electrons. The van der Waals surface area contributed by atoms with Crippen molar-refractivity contribution in [2.45, 2.75) is 19.8 Å². The first kappa shape index (κ1) is 13.0. The maximum atomic E-state index is 11.4. The van der Waals surface area contributed by atoms with Crippen LogP contribution in [0.2, 0.25) is 0 Å². The van der Waals surface area contributed by atoms with E-state index in [9.17, 15) is 9.59 Å². The molecule has 0 aliphatic rings. The van der Waals surface area contributed by atoms with Crippen molar-refractivity contribution in [2.75, 3.05) is 7.05 Å². The van der Waals surface area contributed by atoms with Gasteiger partial charge in [-0.2, -0.15) is 0 Å². The fourth-order valence-corrected chi connectivity index (χ4v) is 1.26. The number of nitrogens with one attached hydrogen (secondary N) is 3. The Balaban J connectivity index is 2.28. The molecule has 17 heavy (non-hydrogen) atoms. The normalized spacial score (nSPS) is 9.53. The highest BCUT2D eigenvalue weighted by Crippen LogP contribution is 2.05. The molecule has 3 N–H and O–H groups in total. The Bertz CT molecular complexity index is 387. The lowest BCUT2D eigenvalue weighted by Crippen LogP contribution is -2.45. The monoisotopic (exact) mass is 235 g/mol. The third-order valence-corrected chi connectivity index (χ3v) is 2.30. The highest BCUT2D eigenvalue weighted by Gasteiger charge is 2.03. The van der Waals surface area contributed by atoms with Gasteiger partial charge >= 0.3 is 6.03 Å². The third-order valence-electron chi connectivity index (χ3n) is 2.30. The Morgan fingerprint density at radius 3 is 2.35 bits per heavy atom. The summed E-state index contributed by atoms with van der Waals surface area (Å²) < 4.78 is 0. The van der Waals surface area contributed by atoms with Gasteiger partial charge in [-0.05, 0) is 18.9 Å². The number of hydrazine groups is 1. The summed E-state index contributed by atoms with van der Waals surface area (Å²) in [5.41, 5.74) is 6.84. The van der Waals surface area contributed by atoms with Crippen molar-refractivity contribution >= 4 is 11.9 Å². The number of carbonyl (C=O) groups is 2. The van der Waals surface area contributed by atoms with Crippen molar-refractivity contribution in [1.82, 2.24) is 16.2 Å². The van der Waals surface area contributed by atoms with E-state index in [1.807, 2.05) is 31.2 Å². The molecule has 1 aromatic carbocycles. The molecule has 92 valence electrons. The number of carbonyl (C=O) groups excluding carboxylic acids is 2. The van der Waals surface area contributed by atoms with Gasteiger partial charge < -0.3 is 5.32 Å². The van der Waals surface area contributed by atoms with Crippen molar-refractivity contribution in [1.29, 1.82) is 0 Å². The number of hydrogen-bond acceptors (Lipinski definition) is 2. The molecule has 0 spiro atoms. The maximum absolute atomic E-state index is 11.4. The summed E-state index contributed by atoms with van der Waals surface area (Å²) in [6, 6.07) is 7.57. The molecule has 0 bridgehead atoms. The van der Waals surface area contributed by atoms with Gasteiger partial charge in [-0.25, -0.2) is 10.2 Å². The van der Waals surface area contributed by atoms with Crippen molar-refractivity contribution in [2.24, 2.45) is 0 Å². The molecular formula is C12H17N3O2. The Morgan fingerprint density at radius 1 is 1.12 bits per heavy atom. The SMILES string of the molecule is CNC(=O)NNC(=O)CCc1ccc(C)cc1. The summed E-state index contributed by atoms with van der Waals surface area (Å²) in [7, 11) is 1.48. The van der Waals surface area contributed by atoms with Crippen molar-refractivity contribution in [3.8, 4) is 0 Å². The van der Waals surface area contributed by atoms with Gasteiger partial charge in [0.05, 0.1) is 0 Å². The zero-order valence-corrected chi connectivity index (χ0v) is 10.0. The van der Waals surface area contributed by atoms with Crippen molar-refractivity contribution in [3.05, 3.63) is 35.4 Å². The molecule has 0 unspecified atom stereocenters. The topological polar surface area (TPSA) is 70.2 Å². The Labute approximate surface area is 101 Å². The number of amides is 3. The van der Waals surface area contributed by atoms with Gasteiger partial charge in [0.25, 0.3) is 0 Å². The predicted molar refractivity (Wildman–Crippen MR) is 65.2 cm³/mol. The minimum atomic E-state index is -0.436. The number of rotatable bonds is 3. The van der Waals surface area contributed by atoms with Gasteiger partial charge in [-0.1, -0.05) is 29.8 Å². The highest BCUT2D eigenvalue weighted by atomic mass is 16.2. The van der Waals surface area contributed by atoms with E-state index in [0.29, 0.717) is 12.8 Å². The van der Waals surface area contributed by atoms with Gasteiger partial charge in [0.15, 0.2) is 0 Å². The maximum Gasteiger partial charge on any atom is 0.333 e. The summed E-state index contributed by atoms with van der Waals surface area (Å²) in [5.74, 6) is -0.214. The van der Waals surface area contributed by atoms with Crippen LogP contribution < -0.4 is 16.2 Å². The lowest BCUT2D eigenvalue weighted by molar-refractivity contribution is -0.121. The van der Waals surface area contributed by atoms with Gasteiger partial charge in [0.2, 0.25) is 5.91 Å². The van der Waals surface area contributed by atoms with Gasteiger partial charge in [-0.15, -0.1) is 0 Å². The fourth-order valence-electron chi connectivity index (χ4n) is 1.26. The second-order valence-electron chi connectivity index (χ2n) is 3.74. The van der Waals surface area contributed by atoms with Crippen LogP contribution >= 0.6 is 0 Å². The molecule has 0 aliphatic carbocycles. The second-order valence-corrected chi connectivity index (χ2v) is 3.74. The Kier molecular flexibility index (Phi) is 5.00. The highest BCUT2D eigenvalue weighted by molar-refractivity contribution is 5.80. The first-order valence-electron chi connectivity index (χ1n) is 5.44. The van der Waals surface area contributed by atoms with Crippen LogP contribution in [0, 0.1) is 6.92 Å². The predicted octanol–water partition coefficient (Wildman–Crippen LogP) is 0.888. The molecule has 0 atom stereocenters. The number of benzene rings is 1. The first-order chi connectivity index (χ1) is 8.11. The number of hydrogen-bond donors (Lipinski definition) is 3. The van der Waals surface area contributed by atoms with Crippen LogP contribution in [0.15, 0.2) is 24.3 Å². The molecule has 0 aromatic heterocycles. The second kappa shape index (κ2) is 6.52. The van der Waals surface area contributed by atoms with Crippen LogP contribution in [-0.4, -0.2) is 19.0 Å². The minimum absolute atomic E-state index is 0.214. The van der Waals surface area contributed by atoms with Crippen molar-refractivity contribution < 1.29 is 9.59 Å². The summed E-state index contributed by atoms with van der Waals surface area (Å²) in [6.07, 6.45) is 0.995. The zero-order chi connectivity index (χ0) is 12.7. The summed E-state index contributed by atoms with van der Waals surface area (Å²) in [5, 5.41) is 2.34. The Hall–Kier alpha value is -2.04. The quantitative estimate of drug-likeness (QED) is 0.681. The third kappa shape index (κ3) is 5.01. The molecule has 5 heteroatoms. The van der Waals surface area contributed by atoms with E-state index >= 15 is 0 Å². The van der Waals surface area contributed by atoms with Gasteiger partial charge in [-0.3, -0.25) is 10.2 Å².